The van der Waals surface area contributed by atoms with E-state index in [0.29, 0.717) is 6.61 Å². The number of halogens is 1. The number of ether oxygens (including phenoxy) is 1. The van der Waals surface area contributed by atoms with Crippen LogP contribution in [0.15, 0.2) is 0 Å². The molecule has 0 spiro atoms. The summed E-state index contributed by atoms with van der Waals surface area (Å²) in [7, 11) is 0. The normalized spacial score (nSPS) is 9.12. The van der Waals surface area contributed by atoms with E-state index in [4.69, 9.17) is 0 Å². The summed E-state index contributed by atoms with van der Waals surface area (Å²) in [5.41, 5.74) is 4.68. The van der Waals surface area contributed by atoms with Crippen LogP contribution in [0.1, 0.15) is 0 Å². The Morgan fingerprint density at radius 2 is 2.50 bits per heavy atom. The van der Waals surface area contributed by atoms with Crippen molar-refractivity contribution < 1.29 is 30.7 Å². The Hall–Kier alpha value is 0. The van der Waals surface area contributed by atoms with E-state index in [1.54, 1.807) is 0 Å². The van der Waals surface area contributed by atoms with Crippen LogP contribution in [-0.2, 0) is 4.74 Å². The van der Waals surface area contributed by atoms with E-state index in [-0.39, 0.29) is 21.2 Å². The molecule has 50 valence electrons. The molecule has 0 saturated heterocycles. The molecular weight excluding hydrogens is 221 g/mol. The zero-order valence-corrected chi connectivity index (χ0v) is 6.84. The first-order valence-electron chi connectivity index (χ1n) is 2.13. The van der Waals surface area contributed by atoms with Gasteiger partial charge in [0.25, 0.3) is 0 Å². The van der Waals surface area contributed by atoms with Gasteiger partial charge in [-0.3, -0.25) is 0 Å². The summed E-state index contributed by atoms with van der Waals surface area (Å²) >= 11 is 0.243. The van der Waals surface area contributed by atoms with Crippen LogP contribution in [0.2, 0.25) is 0 Å². The number of carbonyl (C=O) groups excluding carboxylic acids is 1. The Balaban J connectivity index is 2.82. The fourth-order valence-electron chi connectivity index (χ4n) is 0.216. The van der Waals surface area contributed by atoms with Crippen molar-refractivity contribution in [2.75, 3.05) is 16.0 Å². The number of nitrogens with two attached hydrogens (primary N) is 1. The molecule has 0 bridgehead atoms. The molecule has 0 aliphatic heterocycles. The predicted octanol–water partition coefficient (Wildman–Crippen LogP) is -3.20. The predicted molar refractivity (Wildman–Crippen MR) is 26.3 cm³/mol. The second-order valence-electron chi connectivity index (χ2n) is 1.12. The van der Waals surface area contributed by atoms with Crippen molar-refractivity contribution in [1.82, 2.24) is 0 Å². The van der Waals surface area contributed by atoms with Crippen LogP contribution in [0, 0.1) is 0 Å². The molecule has 0 radical (unpaired) electrons. The number of hydrogen-bond acceptors (Lipinski definition) is 2. The van der Waals surface area contributed by atoms with Gasteiger partial charge in [0, 0.05) is 0 Å². The number of amides is 1. The van der Waals surface area contributed by atoms with Gasteiger partial charge in [0.1, 0.15) is 0 Å². The number of carbonyl (C=O) groups is 1. The molecule has 0 aromatic carbocycles. The molecule has 0 aromatic rings. The first kappa shape index (κ1) is 8.00. The maximum absolute atomic E-state index is 9.89. The third kappa shape index (κ3) is 6.00. The Morgan fingerprint density at radius 1 is 1.88 bits per heavy atom. The Bertz CT molecular complexity index is 76.4. The van der Waals surface area contributed by atoms with Crippen LogP contribution in [0.5, 0.6) is 0 Å². The zero-order chi connectivity index (χ0) is 6.41. The average molecular weight is 230 g/mol. The van der Waals surface area contributed by atoms with Crippen molar-refractivity contribution in [3.05, 3.63) is 0 Å². The molecule has 0 aromatic heterocycles. The van der Waals surface area contributed by atoms with E-state index in [0.717, 1.165) is 4.43 Å². The Kier molecular flexibility index (Phi) is 5.14. The SMILES string of the molecule is C[I-]CCOC(N)=O. The number of rotatable bonds is 3. The van der Waals surface area contributed by atoms with Crippen LogP contribution in [0.3, 0.4) is 0 Å². The minimum atomic E-state index is -0.664. The van der Waals surface area contributed by atoms with E-state index in [9.17, 15) is 4.79 Å². The van der Waals surface area contributed by atoms with Gasteiger partial charge in [-0.05, 0) is 0 Å². The molecule has 0 aliphatic carbocycles. The molecule has 8 heavy (non-hydrogen) atoms. The van der Waals surface area contributed by atoms with Gasteiger partial charge in [-0.15, -0.1) is 0 Å². The van der Waals surface area contributed by atoms with Crippen LogP contribution in [-0.4, -0.2) is 22.1 Å². The Morgan fingerprint density at radius 3 is 2.88 bits per heavy atom. The van der Waals surface area contributed by atoms with Gasteiger partial charge in [-0.2, -0.15) is 0 Å². The summed E-state index contributed by atoms with van der Waals surface area (Å²) in [6, 6.07) is 0. The van der Waals surface area contributed by atoms with Crippen LogP contribution in [0.25, 0.3) is 0 Å². The minimum absolute atomic E-state index is 0.243. The van der Waals surface area contributed by atoms with Gasteiger partial charge in [0.05, 0.1) is 0 Å². The zero-order valence-electron chi connectivity index (χ0n) is 4.69. The summed E-state index contributed by atoms with van der Waals surface area (Å²) in [4.78, 5) is 12.0. The fraction of sp³-hybridized carbons (Fsp3) is 0.750. The molecule has 2 N–H and O–H groups in total. The number of primary amides is 1. The molecule has 0 saturated carbocycles. The number of hydrogen-bond donors (Lipinski definition) is 1. The third-order valence-electron chi connectivity index (χ3n) is 0.510. The van der Waals surface area contributed by atoms with E-state index in [2.05, 4.69) is 15.4 Å². The molecule has 0 aliphatic rings. The van der Waals surface area contributed by atoms with Gasteiger partial charge in [0.15, 0.2) is 0 Å². The molecule has 3 nitrogen and oxygen atoms in total. The first-order chi connectivity index (χ1) is 3.77. The number of alkyl halides is 2. The summed E-state index contributed by atoms with van der Waals surface area (Å²) in [5, 5.41) is 0. The monoisotopic (exact) mass is 230 g/mol. The van der Waals surface area contributed by atoms with Crippen molar-refractivity contribution >= 4 is 6.09 Å². The van der Waals surface area contributed by atoms with Gasteiger partial charge < -0.3 is 0 Å². The summed E-state index contributed by atoms with van der Waals surface area (Å²) < 4.78 is 5.45. The van der Waals surface area contributed by atoms with Gasteiger partial charge in [-0.25, -0.2) is 0 Å². The Labute approximate surface area is 58.8 Å². The average Bonchev–Trinajstić information content (AvgIpc) is 1.66. The van der Waals surface area contributed by atoms with Crippen molar-refractivity contribution in [2.24, 2.45) is 5.73 Å². The maximum atomic E-state index is 9.89. The molecule has 0 heterocycles. The van der Waals surface area contributed by atoms with Gasteiger partial charge >= 0.3 is 58.5 Å². The first-order valence-corrected chi connectivity index (χ1v) is 5.81. The fourth-order valence-corrected chi connectivity index (χ4v) is 0.877. The second-order valence-corrected chi connectivity index (χ2v) is 3.73. The summed E-state index contributed by atoms with van der Waals surface area (Å²) in [5.74, 6) is 0. The van der Waals surface area contributed by atoms with E-state index in [1.807, 2.05) is 0 Å². The van der Waals surface area contributed by atoms with Crippen molar-refractivity contribution in [3.63, 3.8) is 0 Å². The van der Waals surface area contributed by atoms with Crippen molar-refractivity contribution in [1.29, 1.82) is 0 Å². The molecule has 1 amide bonds. The van der Waals surface area contributed by atoms with Crippen molar-refractivity contribution in [3.8, 4) is 0 Å². The third-order valence-corrected chi connectivity index (χ3v) is 2.03. The molecule has 0 fully saturated rings. The van der Waals surface area contributed by atoms with Crippen LogP contribution >= 0.6 is 0 Å². The molecule has 4 heteroatoms. The van der Waals surface area contributed by atoms with E-state index < -0.39 is 6.09 Å². The van der Waals surface area contributed by atoms with Crippen LogP contribution < -0.4 is 26.9 Å². The van der Waals surface area contributed by atoms with Gasteiger partial charge in [0.2, 0.25) is 0 Å². The molecule has 0 rings (SSSR count). The topological polar surface area (TPSA) is 52.3 Å². The van der Waals surface area contributed by atoms with E-state index in [1.165, 1.54) is 0 Å². The van der Waals surface area contributed by atoms with Crippen molar-refractivity contribution in [2.45, 2.75) is 0 Å². The van der Waals surface area contributed by atoms with E-state index >= 15 is 0 Å². The standard InChI is InChI=1S/C4H9INO2/c1-5-2-3-8-4(6)7/h2-3H2,1H3,(H2,6,7)/q-1. The summed E-state index contributed by atoms with van der Waals surface area (Å²) in [6.07, 6.45) is -0.664. The second kappa shape index (κ2) is 5.14. The molecular formula is C4H9INO2-. The van der Waals surface area contributed by atoms with Gasteiger partial charge in [-0.1, -0.05) is 0 Å². The molecule has 0 atom stereocenters. The quantitative estimate of drug-likeness (QED) is 0.315. The summed E-state index contributed by atoms with van der Waals surface area (Å²) in [6.45, 7) is 0.499. The molecule has 0 unspecified atom stereocenters. The van der Waals surface area contributed by atoms with Crippen LogP contribution in [0.4, 0.5) is 4.79 Å².